The zero-order chi connectivity index (χ0) is 20.7. The SMILES string of the molecule is CC(C)(C)c1ccc(S(=O)(=O)n2c(CCC(=O)O)cc3cc(Cl)ccc32)cc1. The zero-order valence-corrected chi connectivity index (χ0v) is 17.5. The third-order valence-electron chi connectivity index (χ3n) is 4.64. The molecule has 1 aromatic heterocycles. The number of carbonyl (C=O) groups is 1. The molecule has 28 heavy (non-hydrogen) atoms. The first-order valence-corrected chi connectivity index (χ1v) is 10.7. The fourth-order valence-corrected chi connectivity index (χ4v) is 4.89. The molecule has 0 aliphatic heterocycles. The third kappa shape index (κ3) is 3.93. The first-order chi connectivity index (χ1) is 13.0. The normalized spacial score (nSPS) is 12.4. The van der Waals surface area contributed by atoms with Crippen LogP contribution < -0.4 is 0 Å². The molecular formula is C21H22ClNO4S. The maximum Gasteiger partial charge on any atom is 0.303 e. The molecule has 2 aromatic carbocycles. The summed E-state index contributed by atoms with van der Waals surface area (Å²) in [5, 5.41) is 10.2. The lowest BCUT2D eigenvalue weighted by molar-refractivity contribution is -0.136. The van der Waals surface area contributed by atoms with E-state index in [9.17, 15) is 13.2 Å². The number of aromatic nitrogens is 1. The van der Waals surface area contributed by atoms with Crippen molar-refractivity contribution >= 4 is 38.5 Å². The van der Waals surface area contributed by atoms with Gasteiger partial charge in [-0.3, -0.25) is 4.79 Å². The Morgan fingerprint density at radius 2 is 1.71 bits per heavy atom. The van der Waals surface area contributed by atoms with Crippen molar-refractivity contribution in [2.75, 3.05) is 0 Å². The molecule has 0 unspecified atom stereocenters. The van der Waals surface area contributed by atoms with E-state index < -0.39 is 16.0 Å². The van der Waals surface area contributed by atoms with Crippen LogP contribution in [0.15, 0.2) is 53.4 Å². The van der Waals surface area contributed by atoms with Crippen LogP contribution in [-0.4, -0.2) is 23.5 Å². The van der Waals surface area contributed by atoms with E-state index >= 15 is 0 Å². The van der Waals surface area contributed by atoms with Crippen molar-refractivity contribution in [3.05, 3.63) is 64.8 Å². The molecule has 148 valence electrons. The molecule has 7 heteroatoms. The molecule has 0 spiro atoms. The average molecular weight is 420 g/mol. The summed E-state index contributed by atoms with van der Waals surface area (Å²) < 4.78 is 28.0. The Labute approximate surface area is 169 Å². The van der Waals surface area contributed by atoms with Crippen molar-refractivity contribution in [2.24, 2.45) is 0 Å². The highest BCUT2D eigenvalue weighted by atomic mass is 35.5. The molecule has 3 rings (SSSR count). The smallest absolute Gasteiger partial charge is 0.303 e. The largest absolute Gasteiger partial charge is 0.481 e. The lowest BCUT2D eigenvalue weighted by atomic mass is 9.87. The van der Waals surface area contributed by atoms with Crippen molar-refractivity contribution < 1.29 is 18.3 Å². The number of halogens is 1. The predicted molar refractivity (Wildman–Crippen MR) is 111 cm³/mol. The number of hydrogen-bond acceptors (Lipinski definition) is 3. The van der Waals surface area contributed by atoms with Gasteiger partial charge in [-0.25, -0.2) is 12.4 Å². The van der Waals surface area contributed by atoms with Crippen LogP contribution in [-0.2, 0) is 26.7 Å². The van der Waals surface area contributed by atoms with Crippen LogP contribution in [0.2, 0.25) is 5.02 Å². The standard InChI is InChI=1S/C21H22ClNO4S/c1-21(2,3)15-4-8-18(9-5-15)28(26,27)23-17(7-11-20(24)25)13-14-12-16(22)6-10-19(14)23/h4-6,8-10,12-13H,7,11H2,1-3H3,(H,24,25). The van der Waals surface area contributed by atoms with Gasteiger partial charge in [-0.1, -0.05) is 44.5 Å². The second-order valence-corrected chi connectivity index (χ2v) is 10.00. The molecule has 3 aromatic rings. The predicted octanol–water partition coefficient (Wildman–Crippen LogP) is 4.85. The van der Waals surface area contributed by atoms with Crippen molar-refractivity contribution in [3.8, 4) is 0 Å². The van der Waals surface area contributed by atoms with Crippen LogP contribution in [0.25, 0.3) is 10.9 Å². The molecule has 5 nitrogen and oxygen atoms in total. The number of fused-ring (bicyclic) bond motifs is 1. The minimum Gasteiger partial charge on any atom is -0.481 e. The van der Waals surface area contributed by atoms with Gasteiger partial charge in [0.1, 0.15) is 0 Å². The highest BCUT2D eigenvalue weighted by Crippen LogP contribution is 2.30. The van der Waals surface area contributed by atoms with Crippen molar-refractivity contribution in [1.82, 2.24) is 3.97 Å². The Morgan fingerprint density at radius 1 is 1.07 bits per heavy atom. The average Bonchev–Trinajstić information content (AvgIpc) is 2.97. The van der Waals surface area contributed by atoms with Crippen LogP contribution in [0.3, 0.4) is 0 Å². The summed E-state index contributed by atoms with van der Waals surface area (Å²) >= 11 is 6.05. The fourth-order valence-electron chi connectivity index (χ4n) is 3.14. The minimum absolute atomic E-state index is 0.0914. The third-order valence-corrected chi connectivity index (χ3v) is 6.66. The van der Waals surface area contributed by atoms with Gasteiger partial charge < -0.3 is 5.11 Å². The Kier molecular flexibility index (Phi) is 5.30. The second kappa shape index (κ2) is 7.26. The summed E-state index contributed by atoms with van der Waals surface area (Å²) in [4.78, 5) is 11.2. The van der Waals surface area contributed by atoms with Gasteiger partial charge in [0.05, 0.1) is 16.8 Å². The van der Waals surface area contributed by atoms with Gasteiger partial charge in [0.2, 0.25) is 0 Å². The van der Waals surface area contributed by atoms with E-state index in [2.05, 4.69) is 20.8 Å². The van der Waals surface area contributed by atoms with Gasteiger partial charge in [0, 0.05) is 16.1 Å². The van der Waals surface area contributed by atoms with E-state index in [1.54, 1.807) is 36.4 Å². The Balaban J connectivity index is 2.17. The van der Waals surface area contributed by atoms with Crippen LogP contribution in [0, 0.1) is 0 Å². The van der Waals surface area contributed by atoms with Gasteiger partial charge in [0.15, 0.2) is 0 Å². The number of carboxylic acid groups (broad SMARTS) is 1. The first-order valence-electron chi connectivity index (χ1n) is 8.88. The number of nitrogens with zero attached hydrogens (tertiary/aromatic N) is 1. The van der Waals surface area contributed by atoms with E-state index in [4.69, 9.17) is 16.7 Å². The summed E-state index contributed by atoms with van der Waals surface area (Å²) in [5.41, 5.74) is 1.83. The number of hydrogen-bond donors (Lipinski definition) is 1. The Morgan fingerprint density at radius 3 is 2.29 bits per heavy atom. The van der Waals surface area contributed by atoms with E-state index in [0.29, 0.717) is 21.6 Å². The number of rotatable bonds is 5. The Bertz CT molecular complexity index is 1140. The Hall–Kier alpha value is -2.31. The van der Waals surface area contributed by atoms with Crippen LogP contribution in [0.1, 0.15) is 38.4 Å². The van der Waals surface area contributed by atoms with E-state index in [0.717, 1.165) is 5.56 Å². The van der Waals surface area contributed by atoms with Gasteiger partial charge in [-0.05, 0) is 53.8 Å². The summed E-state index contributed by atoms with van der Waals surface area (Å²) in [6.07, 6.45) is -0.0660. The lowest BCUT2D eigenvalue weighted by Gasteiger charge is -2.19. The van der Waals surface area contributed by atoms with Crippen LogP contribution in [0.4, 0.5) is 0 Å². The van der Waals surface area contributed by atoms with Gasteiger partial charge in [0.25, 0.3) is 10.0 Å². The maximum atomic E-state index is 13.4. The van der Waals surface area contributed by atoms with Crippen molar-refractivity contribution in [2.45, 2.75) is 43.9 Å². The molecule has 0 radical (unpaired) electrons. The highest BCUT2D eigenvalue weighted by Gasteiger charge is 2.24. The van der Waals surface area contributed by atoms with Gasteiger partial charge >= 0.3 is 5.97 Å². The summed E-state index contributed by atoms with van der Waals surface area (Å²) in [5.74, 6) is -0.984. The monoisotopic (exact) mass is 419 g/mol. The fraction of sp³-hybridized carbons (Fsp3) is 0.286. The van der Waals surface area contributed by atoms with Crippen molar-refractivity contribution in [3.63, 3.8) is 0 Å². The molecule has 0 saturated carbocycles. The number of carboxylic acids is 1. The minimum atomic E-state index is -3.90. The molecule has 0 fully saturated rings. The van der Waals surface area contributed by atoms with Crippen LogP contribution >= 0.6 is 11.6 Å². The first kappa shape index (κ1) is 20.4. The topological polar surface area (TPSA) is 76.4 Å². The van der Waals surface area contributed by atoms with E-state index in [-0.39, 0.29) is 23.2 Å². The lowest BCUT2D eigenvalue weighted by Crippen LogP contribution is -2.17. The number of aliphatic carboxylic acids is 1. The quantitative estimate of drug-likeness (QED) is 0.641. The zero-order valence-electron chi connectivity index (χ0n) is 15.9. The maximum absolute atomic E-state index is 13.4. The molecule has 0 atom stereocenters. The molecule has 0 aliphatic rings. The summed E-state index contributed by atoms with van der Waals surface area (Å²) in [7, 11) is -3.90. The molecule has 1 heterocycles. The van der Waals surface area contributed by atoms with Gasteiger partial charge in [-0.15, -0.1) is 0 Å². The number of benzene rings is 2. The number of aryl methyl sites for hydroxylation is 1. The molecular weight excluding hydrogens is 398 g/mol. The molecule has 0 saturated heterocycles. The molecule has 0 aliphatic carbocycles. The molecule has 0 amide bonds. The van der Waals surface area contributed by atoms with E-state index in [1.807, 2.05) is 12.1 Å². The second-order valence-electron chi connectivity index (χ2n) is 7.78. The van der Waals surface area contributed by atoms with Crippen LogP contribution in [0.5, 0.6) is 0 Å². The molecule has 0 bridgehead atoms. The van der Waals surface area contributed by atoms with E-state index in [1.165, 1.54) is 3.97 Å². The summed E-state index contributed by atoms with van der Waals surface area (Å²) in [6, 6.07) is 13.4. The molecule has 1 N–H and O–H groups in total. The summed E-state index contributed by atoms with van der Waals surface area (Å²) in [6.45, 7) is 6.18. The van der Waals surface area contributed by atoms with Crippen molar-refractivity contribution in [1.29, 1.82) is 0 Å². The highest BCUT2D eigenvalue weighted by molar-refractivity contribution is 7.90. The van der Waals surface area contributed by atoms with Gasteiger partial charge in [-0.2, -0.15) is 0 Å².